The van der Waals surface area contributed by atoms with E-state index >= 15 is 0 Å². The number of carbonyl (C=O) groups is 1. The summed E-state index contributed by atoms with van der Waals surface area (Å²) < 4.78 is 0.931. The molecule has 0 unspecified atom stereocenters. The van der Waals surface area contributed by atoms with E-state index in [0.29, 0.717) is 5.56 Å². The first-order valence-corrected chi connectivity index (χ1v) is 5.52. The van der Waals surface area contributed by atoms with Crippen molar-refractivity contribution in [2.45, 2.75) is 6.92 Å². The summed E-state index contributed by atoms with van der Waals surface area (Å²) in [7, 11) is 0. The van der Waals surface area contributed by atoms with E-state index in [1.54, 1.807) is 6.20 Å². The molecule has 1 amide bonds. The van der Waals surface area contributed by atoms with Gasteiger partial charge in [0.1, 0.15) is 0 Å². The summed E-state index contributed by atoms with van der Waals surface area (Å²) >= 11 is 3.37. The van der Waals surface area contributed by atoms with Crippen molar-refractivity contribution in [2.24, 2.45) is 0 Å². The second-order valence-electron chi connectivity index (χ2n) is 3.40. The highest BCUT2D eigenvalue weighted by Crippen LogP contribution is 2.21. The van der Waals surface area contributed by atoms with E-state index in [1.807, 2.05) is 25.1 Å². The van der Waals surface area contributed by atoms with Crippen LogP contribution in [-0.2, 0) is 0 Å². The Balaban J connectivity index is 2.21. The molecule has 0 radical (unpaired) electrons. The normalized spacial score (nSPS) is 10.1. The van der Waals surface area contributed by atoms with Crippen LogP contribution >= 0.6 is 15.9 Å². The molecule has 0 aliphatic rings. The Bertz CT molecular complexity index is 508. The Kier molecular flexibility index (Phi) is 3.05. The smallest absolute Gasteiger partial charge is 0.258 e. The minimum absolute atomic E-state index is 0.171. The van der Waals surface area contributed by atoms with Crippen LogP contribution in [0.15, 0.2) is 35.1 Å². The van der Waals surface area contributed by atoms with Gasteiger partial charge in [0.2, 0.25) is 0 Å². The monoisotopic (exact) mass is 279 g/mol. The van der Waals surface area contributed by atoms with Gasteiger partial charge in [0.25, 0.3) is 5.91 Å². The number of hydrogen-bond donors (Lipinski definition) is 2. The van der Waals surface area contributed by atoms with Gasteiger partial charge in [0.15, 0.2) is 0 Å². The predicted molar refractivity (Wildman–Crippen MR) is 65.4 cm³/mol. The maximum atomic E-state index is 11.8. The molecule has 4 nitrogen and oxygen atoms in total. The molecule has 2 rings (SSSR count). The molecular weight excluding hydrogens is 270 g/mol. The number of rotatable bonds is 2. The summed E-state index contributed by atoms with van der Waals surface area (Å²) in [6.07, 6.45) is 3.05. The van der Waals surface area contributed by atoms with Crippen molar-refractivity contribution in [3.05, 3.63) is 46.2 Å². The van der Waals surface area contributed by atoms with Gasteiger partial charge in [-0.3, -0.25) is 9.89 Å². The van der Waals surface area contributed by atoms with Crippen LogP contribution in [0.3, 0.4) is 0 Å². The molecule has 0 saturated heterocycles. The van der Waals surface area contributed by atoms with Gasteiger partial charge in [0.05, 0.1) is 11.8 Å². The van der Waals surface area contributed by atoms with Crippen molar-refractivity contribution in [2.75, 3.05) is 5.32 Å². The van der Waals surface area contributed by atoms with Gasteiger partial charge in [-0.1, -0.05) is 22.0 Å². The van der Waals surface area contributed by atoms with E-state index in [1.165, 1.54) is 6.20 Å². The average molecular weight is 280 g/mol. The highest BCUT2D eigenvalue weighted by atomic mass is 79.9. The molecule has 2 N–H and O–H groups in total. The molecule has 0 atom stereocenters. The summed E-state index contributed by atoms with van der Waals surface area (Å²) in [4.78, 5) is 11.8. The topological polar surface area (TPSA) is 57.8 Å². The van der Waals surface area contributed by atoms with Gasteiger partial charge in [0, 0.05) is 16.4 Å². The second-order valence-corrected chi connectivity index (χ2v) is 4.32. The van der Waals surface area contributed by atoms with Crippen LogP contribution < -0.4 is 5.32 Å². The van der Waals surface area contributed by atoms with Crippen LogP contribution in [-0.4, -0.2) is 16.1 Å². The van der Waals surface area contributed by atoms with Crippen molar-refractivity contribution < 1.29 is 4.79 Å². The van der Waals surface area contributed by atoms with Crippen molar-refractivity contribution in [1.29, 1.82) is 0 Å². The number of nitrogens with zero attached hydrogens (tertiary/aromatic N) is 1. The molecule has 0 fully saturated rings. The first kappa shape index (κ1) is 10.9. The van der Waals surface area contributed by atoms with Crippen LogP contribution in [0, 0.1) is 6.92 Å². The van der Waals surface area contributed by atoms with Crippen molar-refractivity contribution in [3.63, 3.8) is 0 Å². The lowest BCUT2D eigenvalue weighted by atomic mass is 10.2. The maximum Gasteiger partial charge on any atom is 0.258 e. The number of aromatic amines is 1. The molecule has 0 spiro atoms. The van der Waals surface area contributed by atoms with Gasteiger partial charge in [-0.2, -0.15) is 5.10 Å². The number of benzene rings is 1. The molecule has 1 aromatic carbocycles. The molecule has 2 aromatic rings. The number of nitrogens with one attached hydrogen (secondary N) is 2. The van der Waals surface area contributed by atoms with E-state index in [-0.39, 0.29) is 5.91 Å². The fraction of sp³-hybridized carbons (Fsp3) is 0.0909. The first-order valence-electron chi connectivity index (χ1n) is 4.73. The summed E-state index contributed by atoms with van der Waals surface area (Å²) in [6.45, 7) is 1.94. The molecule has 0 aliphatic carbocycles. The largest absolute Gasteiger partial charge is 0.322 e. The van der Waals surface area contributed by atoms with Gasteiger partial charge in [-0.25, -0.2) is 0 Å². The number of H-pyrrole nitrogens is 1. The number of amides is 1. The van der Waals surface area contributed by atoms with Gasteiger partial charge >= 0.3 is 0 Å². The first-order chi connectivity index (χ1) is 7.66. The standard InChI is InChI=1S/C11H10BrN3O/c1-7-2-3-9(12)4-10(7)15-11(16)8-5-13-14-6-8/h2-6H,1H3,(H,13,14)(H,15,16). The highest BCUT2D eigenvalue weighted by Gasteiger charge is 2.08. The van der Waals surface area contributed by atoms with E-state index in [0.717, 1.165) is 15.7 Å². The Morgan fingerprint density at radius 3 is 3.00 bits per heavy atom. The van der Waals surface area contributed by atoms with Crippen molar-refractivity contribution in [1.82, 2.24) is 10.2 Å². The number of carbonyl (C=O) groups excluding carboxylic acids is 1. The molecule has 16 heavy (non-hydrogen) atoms. The van der Waals surface area contributed by atoms with Crippen LogP contribution in [0.4, 0.5) is 5.69 Å². The van der Waals surface area contributed by atoms with Crippen molar-refractivity contribution >= 4 is 27.5 Å². The zero-order chi connectivity index (χ0) is 11.5. The second kappa shape index (κ2) is 4.49. The predicted octanol–water partition coefficient (Wildman–Crippen LogP) is 2.73. The fourth-order valence-electron chi connectivity index (χ4n) is 1.30. The van der Waals surface area contributed by atoms with Crippen LogP contribution in [0.2, 0.25) is 0 Å². The summed E-state index contributed by atoms with van der Waals surface area (Å²) in [5.41, 5.74) is 2.32. The van der Waals surface area contributed by atoms with Crippen LogP contribution in [0.25, 0.3) is 0 Å². The summed E-state index contributed by atoms with van der Waals surface area (Å²) in [6, 6.07) is 5.74. The third-order valence-corrected chi connectivity index (χ3v) is 2.70. The van der Waals surface area contributed by atoms with E-state index in [2.05, 4.69) is 31.4 Å². The lowest BCUT2D eigenvalue weighted by Crippen LogP contribution is -2.11. The molecule has 0 bridgehead atoms. The number of halogens is 1. The molecule has 1 heterocycles. The average Bonchev–Trinajstić information content (AvgIpc) is 2.76. The molecule has 5 heteroatoms. The zero-order valence-electron chi connectivity index (χ0n) is 8.62. The molecule has 82 valence electrons. The molecule has 0 aliphatic heterocycles. The summed E-state index contributed by atoms with van der Waals surface area (Å²) in [5.74, 6) is -0.171. The van der Waals surface area contributed by atoms with E-state index in [9.17, 15) is 4.79 Å². The Morgan fingerprint density at radius 1 is 1.50 bits per heavy atom. The fourth-order valence-corrected chi connectivity index (χ4v) is 1.66. The minimum Gasteiger partial charge on any atom is -0.322 e. The zero-order valence-corrected chi connectivity index (χ0v) is 10.2. The third-order valence-electron chi connectivity index (χ3n) is 2.21. The maximum absolute atomic E-state index is 11.8. The Labute approximate surface area is 101 Å². The third kappa shape index (κ3) is 2.30. The molecular formula is C11H10BrN3O. The lowest BCUT2D eigenvalue weighted by molar-refractivity contribution is 0.102. The number of aromatic nitrogens is 2. The van der Waals surface area contributed by atoms with Gasteiger partial charge in [-0.15, -0.1) is 0 Å². The molecule has 0 saturated carbocycles. The van der Waals surface area contributed by atoms with E-state index in [4.69, 9.17) is 0 Å². The minimum atomic E-state index is -0.171. The van der Waals surface area contributed by atoms with Crippen LogP contribution in [0.5, 0.6) is 0 Å². The number of hydrogen-bond acceptors (Lipinski definition) is 2. The Morgan fingerprint density at radius 2 is 2.31 bits per heavy atom. The quantitative estimate of drug-likeness (QED) is 0.888. The SMILES string of the molecule is Cc1ccc(Br)cc1NC(=O)c1cn[nH]c1. The van der Waals surface area contributed by atoms with E-state index < -0.39 is 0 Å². The van der Waals surface area contributed by atoms with Crippen LogP contribution in [0.1, 0.15) is 15.9 Å². The van der Waals surface area contributed by atoms with Gasteiger partial charge in [-0.05, 0) is 24.6 Å². The van der Waals surface area contributed by atoms with Crippen molar-refractivity contribution in [3.8, 4) is 0 Å². The Hall–Kier alpha value is -1.62. The van der Waals surface area contributed by atoms with Gasteiger partial charge < -0.3 is 5.32 Å². The number of aryl methyl sites for hydroxylation is 1. The number of anilines is 1. The highest BCUT2D eigenvalue weighted by molar-refractivity contribution is 9.10. The summed E-state index contributed by atoms with van der Waals surface area (Å²) in [5, 5.41) is 9.16. The molecule has 1 aromatic heterocycles. The lowest BCUT2D eigenvalue weighted by Gasteiger charge is -2.07.